The maximum Gasteiger partial charge on any atom is 0.436 e. The number of fused-ring (bicyclic) bond motifs is 5. The van der Waals surface area contributed by atoms with Crippen molar-refractivity contribution in [1.29, 1.82) is 0 Å². The Balaban J connectivity index is 1.24. The molecule has 4 fully saturated rings. The Morgan fingerprint density at radius 3 is 2.48 bits per heavy atom. The predicted octanol–water partition coefficient (Wildman–Crippen LogP) is 4.86. The summed E-state index contributed by atoms with van der Waals surface area (Å²) in [7, 11) is 9.92. The first kappa shape index (κ1) is 33.1. The summed E-state index contributed by atoms with van der Waals surface area (Å²) >= 11 is 0. The largest absolute Gasteiger partial charge is 0.436 e. The second kappa shape index (κ2) is 12.5. The molecule has 0 aromatic rings. The molecule has 0 spiro atoms. The van der Waals surface area contributed by atoms with Gasteiger partial charge in [-0.05, 0) is 99.4 Å². The second-order valence-corrected chi connectivity index (χ2v) is 16.4. The van der Waals surface area contributed by atoms with Crippen molar-refractivity contribution < 1.29 is 23.7 Å². The number of likely N-dealkylation sites (N-methyl/N-ethyl adjacent to an activating group) is 2. The Hall–Kier alpha value is -2.26. The van der Waals surface area contributed by atoms with E-state index in [1.807, 2.05) is 6.08 Å². The van der Waals surface area contributed by atoms with Crippen LogP contribution in [-0.2, 0) is 14.4 Å². The predicted molar refractivity (Wildman–Crippen MR) is 173 cm³/mol. The fourth-order valence-corrected chi connectivity index (χ4v) is 9.89. The number of carbonyl (C=O) groups excluding carboxylic acids is 3. The van der Waals surface area contributed by atoms with E-state index >= 15 is 0 Å². The Morgan fingerprint density at radius 1 is 1.02 bits per heavy atom. The molecule has 2 unspecified atom stereocenters. The molecule has 5 rings (SSSR count). The van der Waals surface area contributed by atoms with Gasteiger partial charge < -0.3 is 14.7 Å². The van der Waals surface area contributed by atoms with Crippen LogP contribution in [0, 0.1) is 34.5 Å². The van der Waals surface area contributed by atoms with Crippen LogP contribution < -0.4 is 5.32 Å². The van der Waals surface area contributed by atoms with Crippen molar-refractivity contribution >= 4 is 23.5 Å². The van der Waals surface area contributed by atoms with Gasteiger partial charge in [-0.2, -0.15) is 0 Å². The summed E-state index contributed by atoms with van der Waals surface area (Å²) in [4.78, 5) is 47.3. The quantitative estimate of drug-likeness (QED) is 0.183. The van der Waals surface area contributed by atoms with Gasteiger partial charge >= 0.3 is 6.09 Å². The molecule has 2 amide bonds. The van der Waals surface area contributed by atoms with Crippen molar-refractivity contribution in [3.05, 3.63) is 11.6 Å². The fourth-order valence-electron chi connectivity index (χ4n) is 9.89. The number of allylic oxidation sites excluding steroid dienone is 1. The number of rotatable bonds is 8. The lowest BCUT2D eigenvalue weighted by Crippen LogP contribution is -2.51. The Morgan fingerprint density at radius 2 is 1.77 bits per heavy atom. The highest BCUT2D eigenvalue weighted by Gasteiger charge is 2.59. The van der Waals surface area contributed by atoms with Gasteiger partial charge in [-0.15, -0.1) is 0 Å². The first-order chi connectivity index (χ1) is 20.6. The first-order valence-corrected chi connectivity index (χ1v) is 17.1. The lowest BCUT2D eigenvalue weighted by molar-refractivity contribution is -0.869. The summed E-state index contributed by atoms with van der Waals surface area (Å²) in [6.07, 6.45) is 11.8. The van der Waals surface area contributed by atoms with Crippen LogP contribution in [0.3, 0.4) is 0 Å². The zero-order valence-corrected chi connectivity index (χ0v) is 28.7. The van der Waals surface area contributed by atoms with Crippen molar-refractivity contribution in [3.8, 4) is 0 Å². The fraction of sp³-hybridized carbons (Fsp3) is 0.829. The van der Waals surface area contributed by atoms with Gasteiger partial charge in [0.15, 0.2) is 5.78 Å². The van der Waals surface area contributed by atoms with Crippen LogP contribution in [0.1, 0.15) is 85.0 Å². The van der Waals surface area contributed by atoms with E-state index in [1.54, 1.807) is 23.9 Å². The van der Waals surface area contributed by atoms with Crippen molar-refractivity contribution in [2.75, 3.05) is 54.9 Å². The number of oxime groups is 1. The van der Waals surface area contributed by atoms with E-state index in [4.69, 9.17) is 4.84 Å². The van der Waals surface area contributed by atoms with Crippen LogP contribution in [0.15, 0.2) is 16.8 Å². The highest BCUT2D eigenvalue weighted by Crippen LogP contribution is 2.66. The summed E-state index contributed by atoms with van der Waals surface area (Å²) in [6, 6.07) is -0.152. The van der Waals surface area contributed by atoms with Gasteiger partial charge in [0.05, 0.1) is 46.0 Å². The number of nitrogens with one attached hydrogen (secondary N) is 1. The van der Waals surface area contributed by atoms with Crippen molar-refractivity contribution in [2.24, 2.45) is 39.7 Å². The van der Waals surface area contributed by atoms with Crippen molar-refractivity contribution in [1.82, 2.24) is 15.1 Å². The molecule has 1 heterocycles. The van der Waals surface area contributed by atoms with E-state index in [9.17, 15) is 14.4 Å². The van der Waals surface area contributed by atoms with E-state index in [1.165, 1.54) is 24.8 Å². The molecule has 0 aromatic heterocycles. The van der Waals surface area contributed by atoms with Crippen molar-refractivity contribution in [2.45, 2.75) is 97.1 Å². The highest BCUT2D eigenvalue weighted by molar-refractivity contribution is 5.91. The molecule has 8 atom stereocenters. The molecule has 0 bridgehead atoms. The topological polar surface area (TPSA) is 91.3 Å². The van der Waals surface area contributed by atoms with Crippen molar-refractivity contribution in [3.63, 3.8) is 0 Å². The summed E-state index contributed by atoms with van der Waals surface area (Å²) in [5.41, 5.74) is 2.70. The highest BCUT2D eigenvalue weighted by atomic mass is 16.7. The number of quaternary nitrogens is 1. The number of hydrogen-bond acceptors (Lipinski definition) is 6. The van der Waals surface area contributed by atoms with Gasteiger partial charge in [-0.3, -0.25) is 19.3 Å². The minimum absolute atomic E-state index is 0.0497. The molecular formula is C35H58N5O4+. The molecule has 3 saturated carbocycles. The van der Waals surface area contributed by atoms with Crippen LogP contribution in [0.2, 0.25) is 0 Å². The molecule has 1 saturated heterocycles. The minimum atomic E-state index is -0.406. The molecular weight excluding hydrogens is 554 g/mol. The molecule has 0 radical (unpaired) electrons. The standard InChI is InChI=1S/C35H58N5O4/c1-23(37-44-33(43)39(19-20-40(6,7)8)22-25-10-14-31(36-25)32(42)38(4)5)28-12-13-29-27-11-9-24-21-26(41)15-17-34(24,2)30(27)16-18-35(28,29)3/h21,25,27-31,36H,9-20,22H2,1-8H3/q+1/b37-23+/t25?,27-,28+,29-,30-,31?,34-,35+/m0/s1. The molecule has 246 valence electrons. The van der Waals surface area contributed by atoms with Gasteiger partial charge in [0.25, 0.3) is 0 Å². The van der Waals surface area contributed by atoms with Gasteiger partial charge in [0, 0.05) is 39.0 Å². The smallest absolute Gasteiger partial charge is 0.347 e. The Labute approximate surface area is 265 Å². The lowest BCUT2D eigenvalue weighted by atomic mass is 9.46. The first-order valence-electron chi connectivity index (χ1n) is 17.1. The summed E-state index contributed by atoms with van der Waals surface area (Å²) in [5.74, 6) is 2.71. The van der Waals surface area contributed by atoms with Crippen LogP contribution in [0.5, 0.6) is 0 Å². The van der Waals surface area contributed by atoms with Gasteiger partial charge in [-0.25, -0.2) is 4.79 Å². The Bertz CT molecular complexity index is 1190. The van der Waals surface area contributed by atoms with Crippen LogP contribution in [0.25, 0.3) is 0 Å². The zero-order chi connectivity index (χ0) is 32.0. The molecule has 1 aliphatic heterocycles. The lowest BCUT2D eigenvalue weighted by Gasteiger charge is -2.58. The van der Waals surface area contributed by atoms with Crippen LogP contribution >= 0.6 is 0 Å². The van der Waals surface area contributed by atoms with Gasteiger partial charge in [0.1, 0.15) is 0 Å². The third kappa shape index (κ3) is 6.51. The number of amides is 2. The third-order valence-electron chi connectivity index (χ3n) is 12.5. The summed E-state index contributed by atoms with van der Waals surface area (Å²) < 4.78 is 0.739. The normalized spacial score (nSPS) is 37.0. The van der Waals surface area contributed by atoms with E-state index in [0.717, 1.165) is 55.3 Å². The number of ketones is 1. The molecule has 9 heteroatoms. The second-order valence-electron chi connectivity index (χ2n) is 16.4. The molecule has 5 aliphatic rings. The zero-order valence-electron chi connectivity index (χ0n) is 28.7. The van der Waals surface area contributed by atoms with Crippen LogP contribution in [-0.4, -0.2) is 105 Å². The van der Waals surface area contributed by atoms with E-state index in [2.05, 4.69) is 52.4 Å². The summed E-state index contributed by atoms with van der Waals surface area (Å²) in [5, 5.41) is 7.98. The number of nitrogens with zero attached hydrogens (tertiary/aromatic N) is 4. The SMILES string of the molecule is C/C(=N\OC(=O)N(CC[N+](C)(C)C)CC1CCC(C(=O)N(C)C)N1)[C@H]1CC[C@H]2[C@@H]3CCC4=CC(=O)CC[C@]4(C)[C@H]3CC[C@]12C. The van der Waals surface area contributed by atoms with Gasteiger partial charge in [-0.1, -0.05) is 24.6 Å². The van der Waals surface area contributed by atoms with E-state index < -0.39 is 6.09 Å². The molecule has 4 aliphatic carbocycles. The minimum Gasteiger partial charge on any atom is -0.347 e. The maximum atomic E-state index is 13.5. The van der Waals surface area contributed by atoms with E-state index in [-0.39, 0.29) is 28.8 Å². The van der Waals surface area contributed by atoms with Gasteiger partial charge in [0.2, 0.25) is 5.91 Å². The number of hydrogen-bond donors (Lipinski definition) is 1. The molecule has 9 nitrogen and oxygen atoms in total. The molecule has 0 aromatic carbocycles. The average Bonchev–Trinajstić information content (AvgIpc) is 3.57. The average molecular weight is 613 g/mol. The molecule has 44 heavy (non-hydrogen) atoms. The van der Waals surface area contributed by atoms with E-state index in [0.29, 0.717) is 49.0 Å². The molecule has 1 N–H and O–H groups in total. The number of carbonyl (C=O) groups is 3. The monoisotopic (exact) mass is 612 g/mol. The Kier molecular flexibility index (Phi) is 9.41. The summed E-state index contributed by atoms with van der Waals surface area (Å²) in [6.45, 7) is 8.82. The third-order valence-corrected chi connectivity index (χ3v) is 12.5. The maximum absolute atomic E-state index is 13.5. The van der Waals surface area contributed by atoms with Crippen LogP contribution in [0.4, 0.5) is 4.79 Å².